The van der Waals surface area contributed by atoms with Crippen LogP contribution in [0, 0.1) is 0 Å². The molecule has 0 N–H and O–H groups in total. The molecule has 1 amide bonds. The van der Waals surface area contributed by atoms with Crippen LogP contribution in [0.1, 0.15) is 24.0 Å². The largest absolute Gasteiger partial charge is 0.497 e. The number of rotatable bonds is 5. The topological polar surface area (TPSA) is 48.0 Å². The van der Waals surface area contributed by atoms with Crippen molar-refractivity contribution in [2.75, 3.05) is 21.0 Å². The highest BCUT2D eigenvalue weighted by Crippen LogP contribution is 2.33. The maximum absolute atomic E-state index is 13.0. The lowest BCUT2D eigenvalue weighted by Crippen LogP contribution is -2.30. The van der Waals surface area contributed by atoms with Crippen LogP contribution in [0.15, 0.2) is 54.6 Å². The zero-order chi connectivity index (χ0) is 19.7. The fourth-order valence-corrected chi connectivity index (χ4v) is 3.50. The van der Waals surface area contributed by atoms with Crippen LogP contribution in [-0.4, -0.2) is 31.8 Å². The highest BCUT2D eigenvalue weighted by Gasteiger charge is 2.21. The quantitative estimate of drug-likeness (QED) is 0.664. The first kappa shape index (κ1) is 18.2. The summed E-state index contributed by atoms with van der Waals surface area (Å²) in [6.07, 6.45) is 0. The van der Waals surface area contributed by atoms with Crippen molar-refractivity contribution in [1.29, 1.82) is 0 Å². The molecule has 4 rings (SSSR count). The van der Waals surface area contributed by atoms with Crippen molar-refractivity contribution in [1.82, 2.24) is 4.90 Å². The van der Waals surface area contributed by atoms with Crippen LogP contribution in [0.3, 0.4) is 0 Å². The number of amides is 1. The molecule has 0 fully saturated rings. The molecule has 0 saturated heterocycles. The van der Waals surface area contributed by atoms with E-state index in [1.165, 1.54) is 0 Å². The SMILES string of the molecule is COc1ccc2cc([C@H](C)C(=O)N(C)Cc3ccc4c(c3)OCO4)ccc2c1. The molecule has 28 heavy (non-hydrogen) atoms. The lowest BCUT2D eigenvalue weighted by Gasteiger charge is -2.22. The number of likely N-dealkylation sites (N-methyl/N-ethyl adjacent to an activating group) is 1. The standard InChI is InChI=1S/C23H23NO4/c1-15(17-5-6-19-12-20(26-3)8-7-18(19)11-17)23(25)24(2)13-16-4-9-21-22(10-16)28-14-27-21/h4-12,15H,13-14H2,1-3H3/t15-/m0/s1. The van der Waals surface area contributed by atoms with Gasteiger partial charge in [-0.3, -0.25) is 4.79 Å². The molecule has 1 atom stereocenters. The van der Waals surface area contributed by atoms with Gasteiger partial charge in [-0.1, -0.05) is 30.3 Å². The summed E-state index contributed by atoms with van der Waals surface area (Å²) in [5.74, 6) is 2.15. The zero-order valence-electron chi connectivity index (χ0n) is 16.3. The maximum atomic E-state index is 13.0. The second kappa shape index (κ2) is 7.43. The first-order valence-corrected chi connectivity index (χ1v) is 9.26. The average Bonchev–Trinajstić information content (AvgIpc) is 3.19. The molecule has 1 aliphatic heterocycles. The van der Waals surface area contributed by atoms with Crippen molar-refractivity contribution in [2.24, 2.45) is 0 Å². The van der Waals surface area contributed by atoms with E-state index in [-0.39, 0.29) is 18.6 Å². The number of nitrogens with zero attached hydrogens (tertiary/aromatic N) is 1. The number of hydrogen-bond acceptors (Lipinski definition) is 4. The molecule has 0 spiro atoms. The van der Waals surface area contributed by atoms with Gasteiger partial charge in [-0.05, 0) is 53.1 Å². The van der Waals surface area contributed by atoms with Crippen LogP contribution >= 0.6 is 0 Å². The van der Waals surface area contributed by atoms with E-state index in [1.54, 1.807) is 12.0 Å². The smallest absolute Gasteiger partial charge is 0.231 e. The van der Waals surface area contributed by atoms with E-state index in [2.05, 4.69) is 6.07 Å². The third-order valence-electron chi connectivity index (χ3n) is 5.17. The van der Waals surface area contributed by atoms with Gasteiger partial charge in [0.1, 0.15) is 5.75 Å². The Morgan fingerprint density at radius 2 is 1.79 bits per heavy atom. The molecule has 0 radical (unpaired) electrons. The van der Waals surface area contributed by atoms with Gasteiger partial charge in [0, 0.05) is 13.6 Å². The average molecular weight is 377 g/mol. The number of fused-ring (bicyclic) bond motifs is 2. The Bertz CT molecular complexity index is 1030. The lowest BCUT2D eigenvalue weighted by atomic mass is 9.96. The molecule has 0 aromatic heterocycles. The summed E-state index contributed by atoms with van der Waals surface area (Å²) >= 11 is 0. The van der Waals surface area contributed by atoms with Gasteiger partial charge in [0.05, 0.1) is 13.0 Å². The summed E-state index contributed by atoms with van der Waals surface area (Å²) in [7, 11) is 3.49. The minimum atomic E-state index is -0.231. The Morgan fingerprint density at radius 1 is 1.04 bits per heavy atom. The zero-order valence-corrected chi connectivity index (χ0v) is 16.3. The first-order chi connectivity index (χ1) is 13.5. The second-order valence-corrected chi connectivity index (χ2v) is 7.08. The van der Waals surface area contributed by atoms with E-state index < -0.39 is 0 Å². The monoisotopic (exact) mass is 377 g/mol. The fraction of sp³-hybridized carbons (Fsp3) is 0.261. The van der Waals surface area contributed by atoms with Gasteiger partial charge in [0.15, 0.2) is 11.5 Å². The third-order valence-corrected chi connectivity index (χ3v) is 5.17. The highest BCUT2D eigenvalue weighted by molar-refractivity contribution is 5.88. The molecule has 0 unspecified atom stereocenters. The van der Waals surface area contributed by atoms with E-state index in [9.17, 15) is 4.79 Å². The summed E-state index contributed by atoms with van der Waals surface area (Å²) in [6.45, 7) is 2.71. The maximum Gasteiger partial charge on any atom is 0.231 e. The van der Waals surface area contributed by atoms with Crippen molar-refractivity contribution in [2.45, 2.75) is 19.4 Å². The molecule has 0 saturated carbocycles. The molecule has 5 heteroatoms. The number of carbonyl (C=O) groups excluding carboxylic acids is 1. The van der Waals surface area contributed by atoms with Crippen LogP contribution in [0.25, 0.3) is 10.8 Å². The molecule has 5 nitrogen and oxygen atoms in total. The number of ether oxygens (including phenoxy) is 3. The molecule has 1 aliphatic rings. The molecular weight excluding hydrogens is 354 g/mol. The predicted molar refractivity (Wildman–Crippen MR) is 108 cm³/mol. The van der Waals surface area contributed by atoms with E-state index in [0.29, 0.717) is 6.54 Å². The van der Waals surface area contributed by atoms with Gasteiger partial charge in [-0.15, -0.1) is 0 Å². The Labute approximate surface area is 164 Å². The normalized spacial score (nSPS) is 13.4. The van der Waals surface area contributed by atoms with Gasteiger partial charge in [0.25, 0.3) is 0 Å². The fourth-order valence-electron chi connectivity index (χ4n) is 3.50. The molecule has 144 valence electrons. The first-order valence-electron chi connectivity index (χ1n) is 9.26. The molecule has 0 aliphatic carbocycles. The second-order valence-electron chi connectivity index (χ2n) is 7.08. The van der Waals surface area contributed by atoms with E-state index in [0.717, 1.165) is 39.1 Å². The molecule has 1 heterocycles. The van der Waals surface area contributed by atoms with E-state index in [4.69, 9.17) is 14.2 Å². The Balaban J connectivity index is 1.49. The van der Waals surface area contributed by atoms with Crippen LogP contribution in [0.4, 0.5) is 0 Å². The van der Waals surface area contributed by atoms with Crippen molar-refractivity contribution < 1.29 is 19.0 Å². The molecule has 3 aromatic rings. The summed E-state index contributed by atoms with van der Waals surface area (Å²) in [6, 6.07) is 17.9. The Kier molecular flexibility index (Phi) is 4.82. The van der Waals surface area contributed by atoms with Crippen molar-refractivity contribution in [3.8, 4) is 17.2 Å². The Hall–Kier alpha value is -3.21. The van der Waals surface area contributed by atoms with E-state index >= 15 is 0 Å². The lowest BCUT2D eigenvalue weighted by molar-refractivity contribution is -0.131. The van der Waals surface area contributed by atoms with Gasteiger partial charge in [-0.2, -0.15) is 0 Å². The number of benzene rings is 3. The van der Waals surface area contributed by atoms with Crippen molar-refractivity contribution >= 4 is 16.7 Å². The number of methoxy groups -OCH3 is 1. The molecule has 3 aromatic carbocycles. The minimum absolute atomic E-state index is 0.0746. The van der Waals surface area contributed by atoms with Crippen molar-refractivity contribution in [3.05, 3.63) is 65.7 Å². The summed E-state index contributed by atoms with van der Waals surface area (Å²) in [5, 5.41) is 2.19. The van der Waals surface area contributed by atoms with Crippen LogP contribution < -0.4 is 14.2 Å². The third kappa shape index (κ3) is 3.48. The number of carbonyl (C=O) groups is 1. The van der Waals surface area contributed by atoms with Gasteiger partial charge in [0.2, 0.25) is 12.7 Å². The number of hydrogen-bond donors (Lipinski definition) is 0. The summed E-state index contributed by atoms with van der Waals surface area (Å²) in [5.41, 5.74) is 2.01. The van der Waals surface area contributed by atoms with Crippen LogP contribution in [0.5, 0.6) is 17.2 Å². The van der Waals surface area contributed by atoms with Crippen molar-refractivity contribution in [3.63, 3.8) is 0 Å². The van der Waals surface area contributed by atoms with Gasteiger partial charge in [-0.25, -0.2) is 0 Å². The predicted octanol–water partition coefficient (Wildman–Crippen LogP) is 4.34. The highest BCUT2D eigenvalue weighted by atomic mass is 16.7. The Morgan fingerprint density at radius 3 is 2.61 bits per heavy atom. The molecule has 0 bridgehead atoms. The molecular formula is C23H23NO4. The summed E-state index contributed by atoms with van der Waals surface area (Å²) in [4.78, 5) is 14.7. The van der Waals surface area contributed by atoms with Crippen LogP contribution in [-0.2, 0) is 11.3 Å². The van der Waals surface area contributed by atoms with Crippen LogP contribution in [0.2, 0.25) is 0 Å². The van der Waals surface area contributed by atoms with Gasteiger partial charge >= 0.3 is 0 Å². The summed E-state index contributed by atoms with van der Waals surface area (Å²) < 4.78 is 16.0. The van der Waals surface area contributed by atoms with Gasteiger partial charge < -0.3 is 19.1 Å². The minimum Gasteiger partial charge on any atom is -0.497 e. The van der Waals surface area contributed by atoms with E-state index in [1.807, 2.05) is 62.5 Å².